The molecule has 0 radical (unpaired) electrons. The summed E-state index contributed by atoms with van der Waals surface area (Å²) in [7, 11) is 1.60. The summed E-state index contributed by atoms with van der Waals surface area (Å²) in [6.45, 7) is 0.454. The van der Waals surface area contributed by atoms with E-state index in [4.69, 9.17) is 21.4 Å². The lowest BCUT2D eigenvalue weighted by Gasteiger charge is -2.09. The third-order valence-electron chi connectivity index (χ3n) is 2.10. The average Bonchev–Trinajstić information content (AvgIpc) is 2.17. The lowest BCUT2D eigenvalue weighted by atomic mass is 10.0. The van der Waals surface area contributed by atoms with Crippen molar-refractivity contribution in [1.82, 2.24) is 0 Å². The van der Waals surface area contributed by atoms with Crippen molar-refractivity contribution in [2.24, 2.45) is 0 Å². The maximum atomic E-state index is 10.5. The number of ether oxygens (including phenoxy) is 1. The number of carboxylic acids is 1. The first-order valence-corrected chi connectivity index (χ1v) is 5.00. The summed E-state index contributed by atoms with van der Waals surface area (Å²) in [4.78, 5) is 10.5. The molecule has 1 N–H and O–H groups in total. The van der Waals surface area contributed by atoms with Gasteiger partial charge in [-0.15, -0.1) is 0 Å². The number of hydrogen-bond acceptors (Lipinski definition) is 2. The molecule has 1 rings (SSSR count). The van der Waals surface area contributed by atoms with Crippen LogP contribution in [0, 0.1) is 0 Å². The normalized spacial score (nSPS) is 10.3. The fourth-order valence-electron chi connectivity index (χ4n) is 1.41. The van der Waals surface area contributed by atoms with Gasteiger partial charge in [-0.3, -0.25) is 4.79 Å². The van der Waals surface area contributed by atoms with Gasteiger partial charge in [0, 0.05) is 18.6 Å². The van der Waals surface area contributed by atoms with Crippen molar-refractivity contribution in [2.45, 2.75) is 19.4 Å². The van der Waals surface area contributed by atoms with Gasteiger partial charge in [-0.05, 0) is 23.6 Å². The molecule has 0 aliphatic rings. The number of rotatable bonds is 5. The van der Waals surface area contributed by atoms with Crippen LogP contribution in [0.1, 0.15) is 17.5 Å². The predicted octanol–water partition coefficient (Wildman–Crippen LogP) is 2.50. The Morgan fingerprint density at radius 2 is 2.27 bits per heavy atom. The van der Waals surface area contributed by atoms with Gasteiger partial charge in [0.2, 0.25) is 0 Å². The zero-order valence-electron chi connectivity index (χ0n) is 8.50. The van der Waals surface area contributed by atoms with Crippen LogP contribution in [0.25, 0.3) is 0 Å². The highest BCUT2D eigenvalue weighted by molar-refractivity contribution is 6.31. The molecule has 15 heavy (non-hydrogen) atoms. The molecule has 0 amide bonds. The highest BCUT2D eigenvalue weighted by Gasteiger charge is 2.08. The quantitative estimate of drug-likeness (QED) is 0.842. The maximum Gasteiger partial charge on any atom is 0.303 e. The van der Waals surface area contributed by atoms with E-state index in [0.29, 0.717) is 18.1 Å². The summed E-state index contributed by atoms with van der Waals surface area (Å²) >= 11 is 6.00. The topological polar surface area (TPSA) is 46.5 Å². The molecule has 0 aliphatic carbocycles. The zero-order valence-corrected chi connectivity index (χ0v) is 9.25. The summed E-state index contributed by atoms with van der Waals surface area (Å²) in [5.74, 6) is -0.821. The van der Waals surface area contributed by atoms with Crippen LogP contribution in [0.3, 0.4) is 0 Å². The standard InChI is InChI=1S/C11H13ClO3/c1-15-7-8-3-2-4-10(12)9(8)5-6-11(13)14/h2-4H,5-7H2,1H3,(H,13,14). The summed E-state index contributed by atoms with van der Waals surface area (Å²) in [5, 5.41) is 9.21. The van der Waals surface area contributed by atoms with Crippen LogP contribution in [0.4, 0.5) is 0 Å². The molecule has 0 heterocycles. The van der Waals surface area contributed by atoms with E-state index in [1.165, 1.54) is 0 Å². The second-order valence-corrected chi connectivity index (χ2v) is 3.61. The Labute approximate surface area is 93.6 Å². The molecule has 0 atom stereocenters. The number of carbonyl (C=O) groups is 1. The molecule has 1 aromatic rings. The number of methoxy groups -OCH3 is 1. The molecule has 82 valence electrons. The van der Waals surface area contributed by atoms with Gasteiger partial charge in [0.1, 0.15) is 0 Å². The van der Waals surface area contributed by atoms with Crippen LogP contribution >= 0.6 is 11.6 Å². The zero-order chi connectivity index (χ0) is 11.3. The number of benzene rings is 1. The molecule has 0 aromatic heterocycles. The van der Waals surface area contributed by atoms with Gasteiger partial charge in [0.15, 0.2) is 0 Å². The number of hydrogen-bond donors (Lipinski definition) is 1. The molecule has 3 nitrogen and oxygen atoms in total. The Kier molecular flexibility index (Phi) is 4.59. The summed E-state index contributed by atoms with van der Waals surface area (Å²) in [6.07, 6.45) is 0.522. The van der Waals surface area contributed by atoms with Gasteiger partial charge >= 0.3 is 5.97 Å². The van der Waals surface area contributed by atoms with Crippen molar-refractivity contribution >= 4 is 17.6 Å². The van der Waals surface area contributed by atoms with Crippen molar-refractivity contribution in [3.05, 3.63) is 34.3 Å². The molecule has 4 heteroatoms. The SMILES string of the molecule is COCc1cccc(Cl)c1CCC(=O)O. The van der Waals surface area contributed by atoms with Gasteiger partial charge in [-0.25, -0.2) is 0 Å². The molecule has 0 saturated carbocycles. The molecule has 0 spiro atoms. The summed E-state index contributed by atoms with van der Waals surface area (Å²) in [6, 6.07) is 5.49. The Balaban J connectivity index is 2.86. The second kappa shape index (κ2) is 5.73. The Morgan fingerprint density at radius 1 is 1.53 bits per heavy atom. The third-order valence-corrected chi connectivity index (χ3v) is 2.46. The first kappa shape index (κ1) is 12.0. The Bertz CT molecular complexity index is 350. The average molecular weight is 229 g/mol. The van der Waals surface area contributed by atoms with E-state index in [1.807, 2.05) is 12.1 Å². The minimum Gasteiger partial charge on any atom is -0.481 e. The van der Waals surface area contributed by atoms with Gasteiger partial charge < -0.3 is 9.84 Å². The van der Waals surface area contributed by atoms with Crippen LogP contribution in [0.15, 0.2) is 18.2 Å². The third kappa shape index (κ3) is 3.53. The van der Waals surface area contributed by atoms with Gasteiger partial charge in [-0.2, -0.15) is 0 Å². The van der Waals surface area contributed by atoms with Crippen LogP contribution in [0.2, 0.25) is 5.02 Å². The van der Waals surface area contributed by atoms with Crippen LogP contribution < -0.4 is 0 Å². The van der Waals surface area contributed by atoms with E-state index in [-0.39, 0.29) is 6.42 Å². The Morgan fingerprint density at radius 3 is 2.87 bits per heavy atom. The molecule has 0 unspecified atom stereocenters. The van der Waals surface area contributed by atoms with Crippen LogP contribution in [0.5, 0.6) is 0 Å². The van der Waals surface area contributed by atoms with E-state index < -0.39 is 5.97 Å². The van der Waals surface area contributed by atoms with Gasteiger partial charge in [0.25, 0.3) is 0 Å². The molecule has 0 saturated heterocycles. The molecule has 1 aromatic carbocycles. The van der Waals surface area contributed by atoms with Crippen molar-refractivity contribution in [1.29, 1.82) is 0 Å². The highest BCUT2D eigenvalue weighted by Crippen LogP contribution is 2.22. The van der Waals surface area contributed by atoms with Crippen molar-refractivity contribution in [3.63, 3.8) is 0 Å². The molecular formula is C11H13ClO3. The lowest BCUT2D eigenvalue weighted by Crippen LogP contribution is -2.02. The summed E-state index contributed by atoms with van der Waals surface area (Å²) < 4.78 is 5.02. The molecule has 0 fully saturated rings. The number of carboxylic acid groups (broad SMARTS) is 1. The summed E-state index contributed by atoms with van der Waals surface area (Å²) in [5.41, 5.74) is 1.81. The second-order valence-electron chi connectivity index (χ2n) is 3.20. The maximum absolute atomic E-state index is 10.5. The van der Waals surface area contributed by atoms with E-state index >= 15 is 0 Å². The molecule has 0 aliphatic heterocycles. The van der Waals surface area contributed by atoms with E-state index in [0.717, 1.165) is 11.1 Å². The van der Waals surface area contributed by atoms with E-state index in [2.05, 4.69) is 0 Å². The largest absolute Gasteiger partial charge is 0.481 e. The molecule has 0 bridgehead atoms. The van der Waals surface area contributed by atoms with Crippen LogP contribution in [-0.4, -0.2) is 18.2 Å². The molecular weight excluding hydrogens is 216 g/mol. The number of aliphatic carboxylic acids is 1. The van der Waals surface area contributed by atoms with Crippen molar-refractivity contribution in [3.8, 4) is 0 Å². The van der Waals surface area contributed by atoms with Crippen molar-refractivity contribution in [2.75, 3.05) is 7.11 Å². The Hall–Kier alpha value is -1.06. The highest BCUT2D eigenvalue weighted by atomic mass is 35.5. The van der Waals surface area contributed by atoms with Gasteiger partial charge in [0.05, 0.1) is 6.61 Å². The first-order valence-electron chi connectivity index (χ1n) is 4.62. The monoisotopic (exact) mass is 228 g/mol. The lowest BCUT2D eigenvalue weighted by molar-refractivity contribution is -0.136. The van der Waals surface area contributed by atoms with E-state index in [9.17, 15) is 4.79 Å². The fraction of sp³-hybridized carbons (Fsp3) is 0.364. The van der Waals surface area contributed by atoms with E-state index in [1.54, 1.807) is 13.2 Å². The van der Waals surface area contributed by atoms with Gasteiger partial charge in [-0.1, -0.05) is 23.7 Å². The van der Waals surface area contributed by atoms with Crippen molar-refractivity contribution < 1.29 is 14.6 Å². The fourth-order valence-corrected chi connectivity index (χ4v) is 1.69. The predicted molar refractivity (Wildman–Crippen MR) is 58.1 cm³/mol. The minimum absolute atomic E-state index is 0.0838. The minimum atomic E-state index is -0.821. The first-order chi connectivity index (χ1) is 7.15. The number of halogens is 1. The van der Waals surface area contributed by atoms with Crippen LogP contribution in [-0.2, 0) is 22.6 Å². The smallest absolute Gasteiger partial charge is 0.303 e.